The summed E-state index contributed by atoms with van der Waals surface area (Å²) in [6, 6.07) is 9.31. The van der Waals surface area contributed by atoms with Crippen LogP contribution in [0, 0.1) is 6.92 Å². The Balaban J connectivity index is 2.47. The number of hydrogen-bond donors (Lipinski definition) is 1. The lowest BCUT2D eigenvalue weighted by atomic mass is 9.97. The molecule has 20 heavy (non-hydrogen) atoms. The van der Waals surface area contributed by atoms with E-state index in [1.54, 1.807) is 0 Å². The van der Waals surface area contributed by atoms with E-state index in [1.807, 2.05) is 0 Å². The molecule has 2 heteroatoms. The molecule has 1 aromatic carbocycles. The van der Waals surface area contributed by atoms with Crippen LogP contribution in [0.1, 0.15) is 56.9 Å². The van der Waals surface area contributed by atoms with E-state index in [0.29, 0.717) is 12.0 Å². The second-order valence-corrected chi connectivity index (χ2v) is 6.01. The van der Waals surface area contributed by atoms with E-state index in [4.69, 9.17) is 4.98 Å². The molecule has 2 rings (SSSR count). The van der Waals surface area contributed by atoms with Gasteiger partial charge in [-0.05, 0) is 43.4 Å². The van der Waals surface area contributed by atoms with Gasteiger partial charge in [0.15, 0.2) is 0 Å². The van der Waals surface area contributed by atoms with Gasteiger partial charge in [-0.3, -0.25) is 4.98 Å². The van der Waals surface area contributed by atoms with Crippen LogP contribution in [-0.4, -0.2) is 11.0 Å². The van der Waals surface area contributed by atoms with Crippen molar-refractivity contribution < 1.29 is 0 Å². The number of aryl methyl sites for hydroxylation is 1. The lowest BCUT2D eigenvalue weighted by Gasteiger charge is -2.16. The first kappa shape index (κ1) is 15.0. The Bertz CT molecular complexity index is 587. The van der Waals surface area contributed by atoms with E-state index in [-0.39, 0.29) is 0 Å². The van der Waals surface area contributed by atoms with Gasteiger partial charge >= 0.3 is 0 Å². The molecule has 0 radical (unpaired) electrons. The molecule has 0 saturated heterocycles. The van der Waals surface area contributed by atoms with E-state index in [2.05, 4.69) is 64.2 Å². The fourth-order valence-electron chi connectivity index (χ4n) is 2.52. The first-order valence-electron chi connectivity index (χ1n) is 7.65. The van der Waals surface area contributed by atoms with Gasteiger partial charge in [0.05, 0.1) is 5.52 Å². The zero-order chi connectivity index (χ0) is 14.7. The van der Waals surface area contributed by atoms with E-state index in [0.717, 1.165) is 18.7 Å². The van der Waals surface area contributed by atoms with Crippen molar-refractivity contribution in [2.45, 2.75) is 59.5 Å². The second-order valence-electron chi connectivity index (χ2n) is 6.01. The maximum atomic E-state index is 4.78. The molecule has 2 nitrogen and oxygen atoms in total. The van der Waals surface area contributed by atoms with Crippen LogP contribution in [0.25, 0.3) is 10.9 Å². The molecule has 0 aliphatic carbocycles. The van der Waals surface area contributed by atoms with Gasteiger partial charge in [0.1, 0.15) is 0 Å². The van der Waals surface area contributed by atoms with Crippen molar-refractivity contribution in [1.29, 1.82) is 0 Å². The second kappa shape index (κ2) is 6.36. The fourth-order valence-corrected chi connectivity index (χ4v) is 2.52. The summed E-state index contributed by atoms with van der Waals surface area (Å²) in [6.45, 7) is 11.9. The highest BCUT2D eigenvalue weighted by Crippen LogP contribution is 2.26. The van der Waals surface area contributed by atoms with Gasteiger partial charge in [0.2, 0.25) is 0 Å². The van der Waals surface area contributed by atoms with Crippen molar-refractivity contribution in [3.8, 4) is 0 Å². The smallest absolute Gasteiger partial charge is 0.0742 e. The Kier molecular flexibility index (Phi) is 4.77. The number of hydrogen-bond acceptors (Lipinski definition) is 2. The molecule has 0 spiro atoms. The third-order valence-electron chi connectivity index (χ3n) is 3.96. The van der Waals surface area contributed by atoms with E-state index < -0.39 is 0 Å². The number of aromatic nitrogens is 1. The Morgan fingerprint density at radius 1 is 1.20 bits per heavy atom. The third kappa shape index (κ3) is 3.18. The van der Waals surface area contributed by atoms with Crippen molar-refractivity contribution in [2.75, 3.05) is 0 Å². The maximum Gasteiger partial charge on any atom is 0.0742 e. The van der Waals surface area contributed by atoms with Gasteiger partial charge in [-0.15, -0.1) is 0 Å². The Hall–Kier alpha value is -1.41. The van der Waals surface area contributed by atoms with Crippen LogP contribution in [-0.2, 0) is 6.54 Å². The number of nitrogens with one attached hydrogen (secondary N) is 1. The molecule has 2 aromatic rings. The molecular weight excluding hydrogens is 244 g/mol. The monoisotopic (exact) mass is 270 g/mol. The molecule has 1 aromatic heterocycles. The zero-order valence-electron chi connectivity index (χ0n) is 13.3. The SMILES string of the molecule is CCC(C)NCc1cc(C)nc2c(C(C)C)cccc12. The number of rotatable bonds is 5. The molecule has 0 aliphatic rings. The van der Waals surface area contributed by atoms with Crippen LogP contribution in [0.5, 0.6) is 0 Å². The number of para-hydroxylation sites is 1. The molecular formula is C18H26N2. The molecule has 0 bridgehead atoms. The average molecular weight is 270 g/mol. The molecule has 1 heterocycles. The summed E-state index contributed by atoms with van der Waals surface area (Å²) >= 11 is 0. The quantitative estimate of drug-likeness (QED) is 0.862. The molecule has 0 fully saturated rings. The lowest BCUT2D eigenvalue weighted by molar-refractivity contribution is 0.535. The van der Waals surface area contributed by atoms with Crippen molar-refractivity contribution in [2.24, 2.45) is 0 Å². The summed E-state index contributed by atoms with van der Waals surface area (Å²) in [4.78, 5) is 4.78. The fraction of sp³-hybridized carbons (Fsp3) is 0.500. The van der Waals surface area contributed by atoms with Crippen molar-refractivity contribution in [3.63, 3.8) is 0 Å². The van der Waals surface area contributed by atoms with Crippen molar-refractivity contribution in [1.82, 2.24) is 10.3 Å². The molecule has 1 atom stereocenters. The van der Waals surface area contributed by atoms with Crippen LogP contribution in [0.15, 0.2) is 24.3 Å². The van der Waals surface area contributed by atoms with Gasteiger partial charge in [0.25, 0.3) is 0 Å². The Morgan fingerprint density at radius 2 is 1.95 bits per heavy atom. The van der Waals surface area contributed by atoms with E-state index >= 15 is 0 Å². The summed E-state index contributed by atoms with van der Waals surface area (Å²) in [5.41, 5.74) is 4.97. The Morgan fingerprint density at radius 3 is 2.60 bits per heavy atom. The van der Waals surface area contributed by atoms with E-state index in [1.165, 1.54) is 22.0 Å². The normalized spacial score (nSPS) is 13.1. The number of fused-ring (bicyclic) bond motifs is 1. The third-order valence-corrected chi connectivity index (χ3v) is 3.96. The van der Waals surface area contributed by atoms with Crippen molar-refractivity contribution in [3.05, 3.63) is 41.1 Å². The predicted octanol–water partition coefficient (Wildman–Crippen LogP) is 4.55. The summed E-state index contributed by atoms with van der Waals surface area (Å²) < 4.78 is 0. The van der Waals surface area contributed by atoms with Gasteiger partial charge in [0, 0.05) is 23.7 Å². The summed E-state index contributed by atoms with van der Waals surface area (Å²) in [7, 11) is 0. The number of benzene rings is 1. The zero-order valence-corrected chi connectivity index (χ0v) is 13.3. The highest BCUT2D eigenvalue weighted by molar-refractivity contribution is 5.85. The first-order valence-corrected chi connectivity index (χ1v) is 7.65. The predicted molar refractivity (Wildman–Crippen MR) is 87.2 cm³/mol. The molecule has 1 N–H and O–H groups in total. The summed E-state index contributed by atoms with van der Waals surface area (Å²) in [6.07, 6.45) is 1.15. The number of pyridine rings is 1. The highest BCUT2D eigenvalue weighted by Gasteiger charge is 2.10. The lowest BCUT2D eigenvalue weighted by Crippen LogP contribution is -2.24. The maximum absolute atomic E-state index is 4.78. The topological polar surface area (TPSA) is 24.9 Å². The molecule has 0 aliphatic heterocycles. The van der Waals surface area contributed by atoms with Gasteiger partial charge < -0.3 is 5.32 Å². The molecule has 1 unspecified atom stereocenters. The summed E-state index contributed by atoms with van der Waals surface area (Å²) in [5.74, 6) is 0.503. The van der Waals surface area contributed by atoms with Gasteiger partial charge in [-0.1, -0.05) is 39.0 Å². The van der Waals surface area contributed by atoms with Crippen LogP contribution >= 0.6 is 0 Å². The number of nitrogens with zero attached hydrogens (tertiary/aromatic N) is 1. The van der Waals surface area contributed by atoms with Crippen LogP contribution in [0.4, 0.5) is 0 Å². The standard InChI is InChI=1S/C18H26N2/c1-6-13(4)19-11-15-10-14(5)20-18-16(12(2)3)8-7-9-17(15)18/h7-10,12-13,19H,6,11H2,1-5H3. The van der Waals surface area contributed by atoms with Crippen LogP contribution in [0.3, 0.4) is 0 Å². The summed E-state index contributed by atoms with van der Waals surface area (Å²) in [5, 5.41) is 4.88. The molecule has 108 valence electrons. The molecule has 0 saturated carbocycles. The van der Waals surface area contributed by atoms with E-state index in [9.17, 15) is 0 Å². The first-order chi connectivity index (χ1) is 9.52. The minimum atomic E-state index is 0.503. The average Bonchev–Trinajstić information content (AvgIpc) is 2.43. The van der Waals surface area contributed by atoms with Gasteiger partial charge in [-0.25, -0.2) is 0 Å². The van der Waals surface area contributed by atoms with Crippen molar-refractivity contribution >= 4 is 10.9 Å². The van der Waals surface area contributed by atoms with Crippen LogP contribution in [0.2, 0.25) is 0 Å². The van der Waals surface area contributed by atoms with Gasteiger partial charge in [-0.2, -0.15) is 0 Å². The minimum absolute atomic E-state index is 0.503. The van der Waals surface area contributed by atoms with Crippen LogP contribution < -0.4 is 5.32 Å². The highest BCUT2D eigenvalue weighted by atomic mass is 14.9. The Labute approximate surface area is 122 Å². The largest absolute Gasteiger partial charge is 0.310 e. The minimum Gasteiger partial charge on any atom is -0.310 e. The molecule has 0 amide bonds.